The fourth-order valence-electron chi connectivity index (χ4n) is 2.79. The van der Waals surface area contributed by atoms with E-state index in [1.54, 1.807) is 0 Å². The molecule has 0 aliphatic carbocycles. The summed E-state index contributed by atoms with van der Waals surface area (Å²) in [5.41, 5.74) is 6.59. The zero-order chi connectivity index (χ0) is 13.8. The van der Waals surface area contributed by atoms with Crippen LogP contribution < -0.4 is 5.73 Å². The third-order valence-electron chi connectivity index (χ3n) is 4.04. The number of hydrogen-bond acceptors (Lipinski definition) is 2. The molecule has 1 aromatic carbocycles. The predicted octanol–water partition coefficient (Wildman–Crippen LogP) is 3.04. The van der Waals surface area contributed by atoms with Crippen LogP contribution in [0, 0.1) is 5.92 Å². The van der Waals surface area contributed by atoms with Crippen LogP contribution in [-0.2, 0) is 0 Å². The second-order valence-electron chi connectivity index (χ2n) is 5.17. The Morgan fingerprint density at radius 1 is 1.47 bits per heavy atom. The van der Waals surface area contributed by atoms with Crippen LogP contribution >= 0.6 is 15.9 Å². The Morgan fingerprint density at radius 2 is 2.21 bits per heavy atom. The van der Waals surface area contributed by atoms with Gasteiger partial charge in [0.2, 0.25) is 0 Å². The second-order valence-corrected chi connectivity index (χ2v) is 6.02. The Hall–Kier alpha value is -0.870. The molecule has 0 bridgehead atoms. The first-order valence-electron chi connectivity index (χ1n) is 6.93. The quantitative estimate of drug-likeness (QED) is 0.928. The molecule has 0 aromatic heterocycles. The number of hydrogen-bond donors (Lipinski definition) is 1. The molecular weight excluding hydrogens is 304 g/mol. The number of amides is 1. The van der Waals surface area contributed by atoms with Gasteiger partial charge in [0, 0.05) is 23.6 Å². The van der Waals surface area contributed by atoms with Crippen molar-refractivity contribution >= 4 is 21.8 Å². The maximum absolute atomic E-state index is 12.6. The van der Waals surface area contributed by atoms with E-state index in [0.717, 1.165) is 29.4 Å². The van der Waals surface area contributed by atoms with E-state index in [9.17, 15) is 4.79 Å². The standard InChI is InChI=1S/C15H21BrN2O/c1-2-11-7-8-18(12(9-11)10-17)15(19)13-5-3-4-6-14(13)16/h3-6,11-12H,2,7-10,17H2,1H3. The van der Waals surface area contributed by atoms with Crippen molar-refractivity contribution in [3.05, 3.63) is 34.3 Å². The second kappa shape index (κ2) is 6.53. The summed E-state index contributed by atoms with van der Waals surface area (Å²) >= 11 is 3.45. The molecule has 0 radical (unpaired) electrons. The van der Waals surface area contributed by atoms with Crippen LogP contribution in [0.15, 0.2) is 28.7 Å². The normalized spacial score (nSPS) is 23.4. The molecule has 2 rings (SSSR count). The van der Waals surface area contributed by atoms with E-state index in [-0.39, 0.29) is 11.9 Å². The van der Waals surface area contributed by atoms with Crippen LogP contribution in [0.25, 0.3) is 0 Å². The molecule has 3 nitrogen and oxygen atoms in total. The summed E-state index contributed by atoms with van der Waals surface area (Å²) < 4.78 is 0.855. The lowest BCUT2D eigenvalue weighted by molar-refractivity contribution is 0.0557. The number of carbonyl (C=O) groups excluding carboxylic acids is 1. The van der Waals surface area contributed by atoms with Gasteiger partial charge in [-0.15, -0.1) is 0 Å². The molecule has 1 aliphatic rings. The first-order valence-corrected chi connectivity index (χ1v) is 7.72. The van der Waals surface area contributed by atoms with Crippen molar-refractivity contribution in [1.29, 1.82) is 0 Å². The van der Waals surface area contributed by atoms with Gasteiger partial charge in [0.05, 0.1) is 5.56 Å². The highest BCUT2D eigenvalue weighted by Gasteiger charge is 2.31. The van der Waals surface area contributed by atoms with Crippen molar-refractivity contribution in [2.75, 3.05) is 13.1 Å². The zero-order valence-corrected chi connectivity index (χ0v) is 12.9. The minimum Gasteiger partial charge on any atom is -0.334 e. The van der Waals surface area contributed by atoms with Crippen molar-refractivity contribution in [3.63, 3.8) is 0 Å². The topological polar surface area (TPSA) is 46.3 Å². The van der Waals surface area contributed by atoms with E-state index in [0.29, 0.717) is 12.5 Å². The minimum absolute atomic E-state index is 0.0949. The highest BCUT2D eigenvalue weighted by Crippen LogP contribution is 2.27. The van der Waals surface area contributed by atoms with Gasteiger partial charge in [-0.3, -0.25) is 4.79 Å². The van der Waals surface area contributed by atoms with E-state index >= 15 is 0 Å². The van der Waals surface area contributed by atoms with Crippen LogP contribution in [0.4, 0.5) is 0 Å². The third kappa shape index (κ3) is 3.18. The lowest BCUT2D eigenvalue weighted by Crippen LogP contribution is -2.49. The summed E-state index contributed by atoms with van der Waals surface area (Å²) in [5.74, 6) is 0.800. The van der Waals surface area contributed by atoms with E-state index in [2.05, 4.69) is 22.9 Å². The highest BCUT2D eigenvalue weighted by atomic mass is 79.9. The fraction of sp³-hybridized carbons (Fsp3) is 0.533. The molecule has 1 amide bonds. The Morgan fingerprint density at radius 3 is 2.84 bits per heavy atom. The molecule has 1 aliphatic heterocycles. The molecule has 1 fully saturated rings. The number of nitrogens with two attached hydrogens (primary N) is 1. The number of piperidine rings is 1. The summed E-state index contributed by atoms with van der Waals surface area (Å²) in [4.78, 5) is 14.6. The van der Waals surface area contributed by atoms with Gasteiger partial charge in [-0.2, -0.15) is 0 Å². The molecule has 104 valence electrons. The highest BCUT2D eigenvalue weighted by molar-refractivity contribution is 9.10. The lowest BCUT2D eigenvalue weighted by Gasteiger charge is -2.39. The minimum atomic E-state index is 0.0949. The number of rotatable bonds is 3. The number of likely N-dealkylation sites (tertiary alicyclic amines) is 1. The monoisotopic (exact) mass is 324 g/mol. The van der Waals surface area contributed by atoms with Gasteiger partial charge in [0.25, 0.3) is 5.91 Å². The molecule has 0 saturated carbocycles. The van der Waals surface area contributed by atoms with Gasteiger partial charge in [0.15, 0.2) is 0 Å². The van der Waals surface area contributed by atoms with Crippen molar-refractivity contribution in [3.8, 4) is 0 Å². The third-order valence-corrected chi connectivity index (χ3v) is 4.73. The average Bonchev–Trinajstić information content (AvgIpc) is 2.46. The number of halogens is 1. The number of benzene rings is 1. The van der Waals surface area contributed by atoms with Crippen LogP contribution in [0.1, 0.15) is 36.5 Å². The van der Waals surface area contributed by atoms with Gasteiger partial charge in [-0.1, -0.05) is 25.5 Å². The Kier molecular flexibility index (Phi) is 4.99. The van der Waals surface area contributed by atoms with Gasteiger partial charge < -0.3 is 10.6 Å². The molecule has 1 saturated heterocycles. The van der Waals surface area contributed by atoms with Gasteiger partial charge in [0.1, 0.15) is 0 Å². The molecule has 2 N–H and O–H groups in total. The van der Waals surface area contributed by atoms with E-state index in [4.69, 9.17) is 5.73 Å². The summed E-state index contributed by atoms with van der Waals surface area (Å²) in [6.45, 7) is 3.58. The molecule has 19 heavy (non-hydrogen) atoms. The Bertz CT molecular complexity index is 450. The SMILES string of the molecule is CCC1CCN(C(=O)c2ccccc2Br)C(CN)C1. The lowest BCUT2D eigenvalue weighted by atomic mass is 9.88. The smallest absolute Gasteiger partial charge is 0.255 e. The molecular formula is C15H21BrN2O. The molecule has 0 spiro atoms. The van der Waals surface area contributed by atoms with Crippen LogP contribution in [0.5, 0.6) is 0 Å². The zero-order valence-electron chi connectivity index (χ0n) is 11.3. The largest absolute Gasteiger partial charge is 0.334 e. The summed E-state index contributed by atoms with van der Waals surface area (Å²) in [6.07, 6.45) is 3.29. The Balaban J connectivity index is 2.17. The van der Waals surface area contributed by atoms with E-state index in [1.807, 2.05) is 29.2 Å². The van der Waals surface area contributed by atoms with E-state index < -0.39 is 0 Å². The molecule has 4 heteroatoms. The number of nitrogens with zero attached hydrogens (tertiary/aromatic N) is 1. The van der Waals surface area contributed by atoms with Gasteiger partial charge in [-0.05, 0) is 46.8 Å². The number of carbonyl (C=O) groups is 1. The maximum Gasteiger partial charge on any atom is 0.255 e. The first-order chi connectivity index (χ1) is 9.17. The molecule has 2 atom stereocenters. The molecule has 1 aromatic rings. The summed E-state index contributed by atoms with van der Waals surface area (Å²) in [5, 5.41) is 0. The van der Waals surface area contributed by atoms with Gasteiger partial charge in [-0.25, -0.2) is 0 Å². The van der Waals surface area contributed by atoms with Crippen LogP contribution in [0.2, 0.25) is 0 Å². The van der Waals surface area contributed by atoms with E-state index in [1.165, 1.54) is 6.42 Å². The summed E-state index contributed by atoms with van der Waals surface area (Å²) in [7, 11) is 0. The van der Waals surface area contributed by atoms with Gasteiger partial charge >= 0.3 is 0 Å². The molecule has 1 heterocycles. The average molecular weight is 325 g/mol. The van der Waals surface area contributed by atoms with Crippen molar-refractivity contribution in [1.82, 2.24) is 4.90 Å². The van der Waals surface area contributed by atoms with Crippen molar-refractivity contribution in [2.45, 2.75) is 32.2 Å². The Labute approximate surface area is 123 Å². The molecule has 2 unspecified atom stereocenters. The fourth-order valence-corrected chi connectivity index (χ4v) is 3.24. The van der Waals surface area contributed by atoms with Crippen molar-refractivity contribution in [2.24, 2.45) is 11.7 Å². The summed E-state index contributed by atoms with van der Waals surface area (Å²) in [6, 6.07) is 7.77. The van der Waals surface area contributed by atoms with Crippen LogP contribution in [0.3, 0.4) is 0 Å². The van der Waals surface area contributed by atoms with Crippen LogP contribution in [-0.4, -0.2) is 29.9 Å². The van der Waals surface area contributed by atoms with Crippen molar-refractivity contribution < 1.29 is 4.79 Å². The maximum atomic E-state index is 12.6. The first kappa shape index (κ1) is 14.5. The predicted molar refractivity (Wildman–Crippen MR) is 81.0 cm³/mol.